The van der Waals surface area contributed by atoms with Gasteiger partial charge in [-0.2, -0.15) is 0 Å². The van der Waals surface area contributed by atoms with Crippen LogP contribution in [0.3, 0.4) is 0 Å². The summed E-state index contributed by atoms with van der Waals surface area (Å²) in [7, 11) is 0. The molecule has 0 radical (unpaired) electrons. The maximum atomic E-state index is 15.5. The Kier molecular flexibility index (Phi) is 7.10. The quantitative estimate of drug-likeness (QED) is 0.369. The highest BCUT2D eigenvalue weighted by Crippen LogP contribution is 2.41. The van der Waals surface area contributed by atoms with E-state index >= 15 is 4.39 Å². The lowest BCUT2D eigenvalue weighted by Gasteiger charge is -2.39. The Hall–Kier alpha value is -2.85. The SMILES string of the molecule is Cc1ccc(C2=C(c3ccc(CC4CN(CCCF)C4)c(F)c3)c3ccccc3CCC2)c(C)n1. The van der Waals surface area contributed by atoms with E-state index in [2.05, 4.69) is 54.3 Å². The number of aromatic nitrogens is 1. The largest absolute Gasteiger partial charge is 0.303 e. The Morgan fingerprint density at radius 3 is 2.57 bits per heavy atom. The van der Waals surface area contributed by atoms with Crippen LogP contribution in [0.15, 0.2) is 54.6 Å². The second-order valence-electron chi connectivity index (χ2n) is 10.1. The monoisotopic (exact) mass is 472 g/mol. The van der Waals surface area contributed by atoms with Crippen molar-refractivity contribution in [2.24, 2.45) is 5.92 Å². The third-order valence-corrected chi connectivity index (χ3v) is 7.50. The number of likely N-dealkylation sites (tertiary alicyclic amines) is 1. The van der Waals surface area contributed by atoms with Gasteiger partial charge >= 0.3 is 0 Å². The maximum absolute atomic E-state index is 15.5. The van der Waals surface area contributed by atoms with Crippen molar-refractivity contribution in [3.8, 4) is 0 Å². The van der Waals surface area contributed by atoms with Crippen molar-refractivity contribution in [3.63, 3.8) is 0 Å². The van der Waals surface area contributed by atoms with E-state index in [1.54, 1.807) is 6.07 Å². The molecule has 0 unspecified atom stereocenters. The van der Waals surface area contributed by atoms with Crippen LogP contribution in [0.5, 0.6) is 0 Å². The number of halogens is 2. The first kappa shape index (κ1) is 23.9. The van der Waals surface area contributed by atoms with Gasteiger partial charge in [0.05, 0.1) is 6.67 Å². The van der Waals surface area contributed by atoms with Crippen molar-refractivity contribution >= 4 is 11.1 Å². The number of hydrogen-bond donors (Lipinski definition) is 0. The fraction of sp³-hybridized carbons (Fsp3) is 0.387. The molecule has 182 valence electrons. The Bertz CT molecular complexity index is 1240. The summed E-state index contributed by atoms with van der Waals surface area (Å²) in [5.41, 5.74) is 9.84. The van der Waals surface area contributed by atoms with Gasteiger partial charge in [-0.25, -0.2) is 4.39 Å². The minimum absolute atomic E-state index is 0.128. The molecule has 0 amide bonds. The molecule has 3 aromatic rings. The molecule has 1 saturated heterocycles. The molecule has 0 atom stereocenters. The second kappa shape index (κ2) is 10.4. The number of alkyl halides is 1. The molecule has 0 N–H and O–H groups in total. The molecule has 0 spiro atoms. The highest BCUT2D eigenvalue weighted by atomic mass is 19.1. The predicted octanol–water partition coefficient (Wildman–Crippen LogP) is 6.97. The molecule has 1 fully saturated rings. The zero-order valence-corrected chi connectivity index (χ0v) is 20.8. The molecule has 35 heavy (non-hydrogen) atoms. The van der Waals surface area contributed by atoms with Crippen LogP contribution in [-0.4, -0.2) is 36.2 Å². The Labute approximate surface area is 207 Å². The standard InChI is InChI=1S/C31H34F2N2/c1-21-11-14-27(22(2)34-21)29-10-5-8-24-7-3-4-9-28(24)31(29)26-13-12-25(30(33)18-26)17-23-19-35(20-23)16-6-15-32/h3-4,7,9,11-14,18,23H,5-6,8,10,15-17,19-20H2,1-2H3. The summed E-state index contributed by atoms with van der Waals surface area (Å²) in [4.78, 5) is 6.99. The lowest BCUT2D eigenvalue weighted by Crippen LogP contribution is -2.48. The van der Waals surface area contributed by atoms with Crippen LogP contribution in [0.2, 0.25) is 0 Å². The molecule has 4 heteroatoms. The van der Waals surface area contributed by atoms with Crippen LogP contribution >= 0.6 is 0 Å². The van der Waals surface area contributed by atoms with Crippen molar-refractivity contribution in [2.75, 3.05) is 26.3 Å². The summed E-state index contributed by atoms with van der Waals surface area (Å²) in [5.74, 6) is 0.321. The van der Waals surface area contributed by atoms with Gasteiger partial charge < -0.3 is 4.90 Å². The zero-order valence-electron chi connectivity index (χ0n) is 20.8. The fourth-order valence-electron chi connectivity index (χ4n) is 5.78. The lowest BCUT2D eigenvalue weighted by atomic mass is 9.86. The molecule has 2 nitrogen and oxygen atoms in total. The van der Waals surface area contributed by atoms with Crippen LogP contribution in [0, 0.1) is 25.6 Å². The van der Waals surface area contributed by atoms with Crippen LogP contribution < -0.4 is 0 Å². The number of allylic oxidation sites excluding steroid dienone is 1. The first-order valence-electron chi connectivity index (χ1n) is 12.9. The molecule has 1 aromatic heterocycles. The third-order valence-electron chi connectivity index (χ3n) is 7.50. The fourth-order valence-corrected chi connectivity index (χ4v) is 5.78. The van der Waals surface area contributed by atoms with E-state index in [4.69, 9.17) is 4.98 Å². The topological polar surface area (TPSA) is 16.1 Å². The van der Waals surface area contributed by atoms with E-state index in [9.17, 15) is 4.39 Å². The van der Waals surface area contributed by atoms with Crippen LogP contribution in [0.25, 0.3) is 11.1 Å². The van der Waals surface area contributed by atoms with Gasteiger partial charge in [0.25, 0.3) is 0 Å². The Morgan fingerprint density at radius 2 is 1.80 bits per heavy atom. The average Bonchev–Trinajstić information content (AvgIpc) is 3.01. The van der Waals surface area contributed by atoms with E-state index in [0.29, 0.717) is 12.3 Å². The van der Waals surface area contributed by atoms with E-state index in [-0.39, 0.29) is 12.5 Å². The summed E-state index contributed by atoms with van der Waals surface area (Å²) < 4.78 is 27.9. The van der Waals surface area contributed by atoms with Gasteiger partial charge in [0.15, 0.2) is 0 Å². The van der Waals surface area contributed by atoms with Gasteiger partial charge in [0.1, 0.15) is 5.82 Å². The predicted molar refractivity (Wildman–Crippen MR) is 140 cm³/mol. The number of rotatable bonds is 7. The summed E-state index contributed by atoms with van der Waals surface area (Å²) in [6.07, 6.45) is 4.34. The van der Waals surface area contributed by atoms with Crippen molar-refractivity contribution in [3.05, 3.63) is 99.6 Å². The van der Waals surface area contributed by atoms with E-state index in [0.717, 1.165) is 79.0 Å². The van der Waals surface area contributed by atoms with Crippen LogP contribution in [0.1, 0.15) is 58.5 Å². The molecule has 2 aliphatic rings. The zero-order chi connectivity index (χ0) is 24.4. The van der Waals surface area contributed by atoms with Gasteiger partial charge in [-0.3, -0.25) is 9.37 Å². The normalized spacial score (nSPS) is 16.7. The number of fused-ring (bicyclic) bond motifs is 1. The molecule has 2 aromatic carbocycles. The molecule has 2 heterocycles. The smallest absolute Gasteiger partial charge is 0.127 e. The minimum Gasteiger partial charge on any atom is -0.303 e. The third kappa shape index (κ3) is 5.08. The first-order chi connectivity index (χ1) is 17.0. The minimum atomic E-state index is -0.267. The van der Waals surface area contributed by atoms with Crippen molar-refractivity contribution < 1.29 is 8.78 Å². The van der Waals surface area contributed by atoms with Crippen molar-refractivity contribution in [1.82, 2.24) is 9.88 Å². The first-order valence-corrected chi connectivity index (χ1v) is 12.9. The second-order valence-corrected chi connectivity index (χ2v) is 10.1. The summed E-state index contributed by atoms with van der Waals surface area (Å²) in [6.45, 7) is 6.50. The molecular formula is C31H34F2N2. The van der Waals surface area contributed by atoms with Crippen LogP contribution in [-0.2, 0) is 12.8 Å². The van der Waals surface area contributed by atoms with E-state index in [1.165, 1.54) is 16.7 Å². The van der Waals surface area contributed by atoms with E-state index < -0.39 is 0 Å². The molecule has 0 saturated carbocycles. The van der Waals surface area contributed by atoms with E-state index in [1.807, 2.05) is 13.0 Å². The summed E-state index contributed by atoms with van der Waals surface area (Å²) >= 11 is 0. The Morgan fingerprint density at radius 1 is 0.971 bits per heavy atom. The molecule has 5 rings (SSSR count). The van der Waals surface area contributed by atoms with Gasteiger partial charge in [-0.05, 0) is 103 Å². The molecule has 1 aliphatic heterocycles. The number of nitrogens with zero attached hydrogens (tertiary/aromatic N) is 2. The molecule has 1 aliphatic carbocycles. The molecular weight excluding hydrogens is 438 g/mol. The number of benzene rings is 2. The summed E-state index contributed by atoms with van der Waals surface area (Å²) in [6, 6.07) is 18.6. The lowest BCUT2D eigenvalue weighted by molar-refractivity contribution is 0.0962. The van der Waals surface area contributed by atoms with Gasteiger partial charge in [0, 0.05) is 31.0 Å². The Balaban J connectivity index is 1.51. The molecule has 0 bridgehead atoms. The number of hydrogen-bond acceptors (Lipinski definition) is 2. The maximum Gasteiger partial charge on any atom is 0.127 e. The van der Waals surface area contributed by atoms with Crippen molar-refractivity contribution in [2.45, 2.75) is 46.0 Å². The number of aryl methyl sites for hydroxylation is 3. The van der Waals surface area contributed by atoms with Gasteiger partial charge in [-0.15, -0.1) is 0 Å². The van der Waals surface area contributed by atoms with Gasteiger partial charge in [-0.1, -0.05) is 42.5 Å². The highest BCUT2D eigenvalue weighted by molar-refractivity contribution is 6.00. The highest BCUT2D eigenvalue weighted by Gasteiger charge is 2.27. The van der Waals surface area contributed by atoms with Gasteiger partial charge in [0.2, 0.25) is 0 Å². The summed E-state index contributed by atoms with van der Waals surface area (Å²) in [5, 5.41) is 0. The van der Waals surface area contributed by atoms with Crippen molar-refractivity contribution in [1.29, 1.82) is 0 Å². The van der Waals surface area contributed by atoms with Crippen LogP contribution in [0.4, 0.5) is 8.78 Å². The average molecular weight is 473 g/mol. The number of pyridine rings is 1.